The molecule has 3 aromatic rings. The van der Waals surface area contributed by atoms with Crippen LogP contribution in [0.15, 0.2) is 23.6 Å². The van der Waals surface area contributed by atoms with Crippen molar-refractivity contribution in [2.24, 2.45) is 0 Å². The molecule has 0 bridgehead atoms. The van der Waals surface area contributed by atoms with Crippen LogP contribution in [-0.2, 0) is 6.42 Å². The van der Waals surface area contributed by atoms with Crippen LogP contribution in [0.4, 0.5) is 5.13 Å². The van der Waals surface area contributed by atoms with Crippen LogP contribution >= 0.6 is 34.5 Å². The van der Waals surface area contributed by atoms with Crippen molar-refractivity contribution < 1.29 is 0 Å². The van der Waals surface area contributed by atoms with Crippen LogP contribution in [0.2, 0.25) is 10.0 Å². The lowest BCUT2D eigenvalue weighted by atomic mass is 10.2. The van der Waals surface area contributed by atoms with E-state index in [9.17, 15) is 0 Å². The van der Waals surface area contributed by atoms with E-state index in [1.165, 1.54) is 11.3 Å². The first-order valence-electron chi connectivity index (χ1n) is 5.68. The Morgan fingerprint density at radius 3 is 2.85 bits per heavy atom. The maximum atomic E-state index is 6.12. The predicted molar refractivity (Wildman–Crippen MR) is 81.2 cm³/mol. The molecule has 102 valence electrons. The first kappa shape index (κ1) is 13.4. The molecule has 0 saturated carbocycles. The largest absolute Gasteiger partial charge is 0.375 e. The van der Waals surface area contributed by atoms with Crippen molar-refractivity contribution in [1.29, 1.82) is 0 Å². The van der Waals surface area contributed by atoms with Crippen LogP contribution in [0, 0.1) is 0 Å². The minimum Gasteiger partial charge on any atom is -0.375 e. The number of nitrogens with two attached hydrogens (primary N) is 1. The fourth-order valence-corrected chi connectivity index (χ4v) is 2.68. The van der Waals surface area contributed by atoms with Crippen molar-refractivity contribution in [2.45, 2.75) is 6.42 Å². The Labute approximate surface area is 128 Å². The van der Waals surface area contributed by atoms with Crippen molar-refractivity contribution in [3.63, 3.8) is 0 Å². The van der Waals surface area contributed by atoms with Crippen molar-refractivity contribution in [3.05, 3.63) is 45.1 Å². The summed E-state index contributed by atoms with van der Waals surface area (Å²) in [6, 6.07) is 5.17. The Bertz CT molecular complexity index is 752. The van der Waals surface area contributed by atoms with E-state index in [-0.39, 0.29) is 0 Å². The molecular formula is C12H9Cl2N5S. The third-order valence-electron chi connectivity index (χ3n) is 2.62. The molecule has 0 aliphatic rings. The topological polar surface area (TPSA) is 80.5 Å². The monoisotopic (exact) mass is 325 g/mol. The van der Waals surface area contributed by atoms with Crippen LogP contribution in [0.25, 0.3) is 11.4 Å². The third kappa shape index (κ3) is 2.77. The standard InChI is InChI=1S/C12H9Cl2N5S/c13-6-1-2-9(14)8(3-6)11-17-10(18-19-11)4-7-5-20-12(15)16-7/h1-3,5H,4H2,(H2,15,16)(H,17,18,19). The number of benzene rings is 1. The Kier molecular flexibility index (Phi) is 3.60. The summed E-state index contributed by atoms with van der Waals surface area (Å²) in [7, 11) is 0. The normalized spacial score (nSPS) is 10.9. The quantitative estimate of drug-likeness (QED) is 0.773. The number of nitrogen functional groups attached to an aromatic ring is 1. The first-order chi connectivity index (χ1) is 9.61. The first-order valence-corrected chi connectivity index (χ1v) is 7.32. The maximum Gasteiger partial charge on any atom is 0.182 e. The highest BCUT2D eigenvalue weighted by Gasteiger charge is 2.11. The van der Waals surface area contributed by atoms with Gasteiger partial charge in [0.1, 0.15) is 5.82 Å². The molecule has 0 atom stereocenters. The minimum absolute atomic E-state index is 0.510. The van der Waals surface area contributed by atoms with Crippen molar-refractivity contribution >= 4 is 39.7 Å². The number of thiazole rings is 1. The number of anilines is 1. The van der Waals surface area contributed by atoms with Gasteiger partial charge in [-0.3, -0.25) is 5.10 Å². The number of aromatic amines is 1. The van der Waals surface area contributed by atoms with E-state index in [1.807, 2.05) is 5.38 Å². The number of halogens is 2. The molecule has 1 aromatic carbocycles. The lowest BCUT2D eigenvalue weighted by molar-refractivity contribution is 0.952. The van der Waals surface area contributed by atoms with Gasteiger partial charge in [0.15, 0.2) is 11.0 Å². The van der Waals surface area contributed by atoms with E-state index in [2.05, 4.69) is 20.2 Å². The lowest BCUT2D eigenvalue weighted by Crippen LogP contribution is -1.92. The maximum absolute atomic E-state index is 6.12. The SMILES string of the molecule is Nc1nc(Cc2nc(-c3cc(Cl)ccc3Cl)n[nH]2)cs1. The van der Waals surface area contributed by atoms with Crippen molar-refractivity contribution in [3.8, 4) is 11.4 Å². The summed E-state index contributed by atoms with van der Waals surface area (Å²) < 4.78 is 0. The van der Waals surface area contributed by atoms with Crippen LogP contribution in [-0.4, -0.2) is 20.2 Å². The second-order valence-corrected chi connectivity index (χ2v) is 5.82. The van der Waals surface area contributed by atoms with Gasteiger partial charge < -0.3 is 5.73 Å². The van der Waals surface area contributed by atoms with Crippen LogP contribution in [0.3, 0.4) is 0 Å². The van der Waals surface area contributed by atoms with E-state index in [1.54, 1.807) is 18.2 Å². The summed E-state index contributed by atoms with van der Waals surface area (Å²) in [5, 5.41) is 10.6. The zero-order valence-electron chi connectivity index (χ0n) is 10.1. The minimum atomic E-state index is 0.510. The van der Waals surface area contributed by atoms with Gasteiger partial charge in [-0.2, -0.15) is 5.10 Å². The van der Waals surface area contributed by atoms with Gasteiger partial charge in [0.05, 0.1) is 17.1 Å². The molecule has 2 heterocycles. The smallest absolute Gasteiger partial charge is 0.182 e. The number of nitrogens with zero attached hydrogens (tertiary/aromatic N) is 3. The van der Waals surface area contributed by atoms with Crippen molar-refractivity contribution in [1.82, 2.24) is 20.2 Å². The molecule has 0 aliphatic carbocycles. The number of hydrogen-bond donors (Lipinski definition) is 2. The van der Waals surface area contributed by atoms with Crippen molar-refractivity contribution in [2.75, 3.05) is 5.73 Å². The Morgan fingerprint density at radius 2 is 2.10 bits per heavy atom. The second-order valence-electron chi connectivity index (χ2n) is 4.08. The molecule has 0 aliphatic heterocycles. The molecular weight excluding hydrogens is 317 g/mol. The predicted octanol–water partition coefficient (Wildman–Crippen LogP) is 3.41. The summed E-state index contributed by atoms with van der Waals surface area (Å²) in [5.41, 5.74) is 7.14. The van der Waals surface area contributed by atoms with E-state index in [0.29, 0.717) is 38.8 Å². The molecule has 0 radical (unpaired) electrons. The number of aromatic nitrogens is 4. The highest BCUT2D eigenvalue weighted by Crippen LogP contribution is 2.28. The van der Waals surface area contributed by atoms with Crippen LogP contribution in [0.5, 0.6) is 0 Å². The summed E-state index contributed by atoms with van der Waals surface area (Å²) in [6.45, 7) is 0. The fraction of sp³-hybridized carbons (Fsp3) is 0.0833. The number of H-pyrrole nitrogens is 1. The number of nitrogens with one attached hydrogen (secondary N) is 1. The molecule has 20 heavy (non-hydrogen) atoms. The Hall–Kier alpha value is -1.63. The molecule has 0 spiro atoms. The molecule has 0 fully saturated rings. The molecule has 5 nitrogen and oxygen atoms in total. The average Bonchev–Trinajstić information content (AvgIpc) is 3.02. The Balaban J connectivity index is 1.88. The van der Waals surface area contributed by atoms with E-state index >= 15 is 0 Å². The van der Waals surface area contributed by atoms with Gasteiger partial charge in [0.25, 0.3) is 0 Å². The lowest BCUT2D eigenvalue weighted by Gasteiger charge is -1.99. The van der Waals surface area contributed by atoms with Gasteiger partial charge in [-0.05, 0) is 18.2 Å². The van der Waals surface area contributed by atoms with E-state index in [0.717, 1.165) is 5.69 Å². The molecule has 0 amide bonds. The van der Waals surface area contributed by atoms with Gasteiger partial charge in [-0.25, -0.2) is 9.97 Å². The highest BCUT2D eigenvalue weighted by atomic mass is 35.5. The second kappa shape index (κ2) is 5.40. The van der Waals surface area contributed by atoms with Gasteiger partial charge in [0.2, 0.25) is 0 Å². The van der Waals surface area contributed by atoms with E-state index in [4.69, 9.17) is 28.9 Å². The van der Waals surface area contributed by atoms with Gasteiger partial charge in [-0.1, -0.05) is 23.2 Å². The third-order valence-corrected chi connectivity index (χ3v) is 3.91. The fourth-order valence-electron chi connectivity index (χ4n) is 1.74. The zero-order valence-corrected chi connectivity index (χ0v) is 12.4. The summed E-state index contributed by atoms with van der Waals surface area (Å²) in [4.78, 5) is 8.58. The van der Waals surface area contributed by atoms with Gasteiger partial charge in [0, 0.05) is 16.0 Å². The average molecular weight is 326 g/mol. The highest BCUT2D eigenvalue weighted by molar-refractivity contribution is 7.13. The van der Waals surface area contributed by atoms with Gasteiger partial charge >= 0.3 is 0 Å². The van der Waals surface area contributed by atoms with Gasteiger partial charge in [-0.15, -0.1) is 11.3 Å². The summed E-state index contributed by atoms with van der Waals surface area (Å²) >= 11 is 13.5. The molecule has 3 rings (SSSR count). The molecule has 0 saturated heterocycles. The van der Waals surface area contributed by atoms with E-state index < -0.39 is 0 Å². The molecule has 2 aromatic heterocycles. The molecule has 3 N–H and O–H groups in total. The van der Waals surface area contributed by atoms with Crippen LogP contribution in [0.1, 0.15) is 11.5 Å². The summed E-state index contributed by atoms with van der Waals surface area (Å²) in [5.74, 6) is 1.21. The summed E-state index contributed by atoms with van der Waals surface area (Å²) in [6.07, 6.45) is 0.541. The zero-order chi connectivity index (χ0) is 14.1. The Morgan fingerprint density at radius 1 is 1.25 bits per heavy atom. The number of rotatable bonds is 3. The molecule has 0 unspecified atom stereocenters. The molecule has 8 heteroatoms. The van der Waals surface area contributed by atoms with Crippen LogP contribution < -0.4 is 5.73 Å². The number of hydrogen-bond acceptors (Lipinski definition) is 5.